The van der Waals surface area contributed by atoms with Gasteiger partial charge in [0, 0.05) is 10.9 Å². The third kappa shape index (κ3) is 2.59. The number of rotatable bonds is 3. The molecule has 1 aromatic rings. The minimum absolute atomic E-state index is 0.265. The molecule has 64 valence electrons. The van der Waals surface area contributed by atoms with Crippen molar-refractivity contribution in [1.29, 1.82) is 5.26 Å². The molecule has 0 radical (unpaired) electrons. The highest BCUT2D eigenvalue weighted by atomic mass is 79.9. The van der Waals surface area contributed by atoms with E-state index in [1.807, 2.05) is 6.07 Å². The van der Waals surface area contributed by atoms with Gasteiger partial charge in [-0.2, -0.15) is 5.26 Å². The predicted molar refractivity (Wildman–Crippen MR) is 54.0 cm³/mol. The lowest BCUT2D eigenvalue weighted by atomic mass is 10.3. The van der Waals surface area contributed by atoms with Crippen LogP contribution in [0.4, 0.5) is 0 Å². The lowest BCUT2D eigenvalue weighted by Gasteiger charge is -2.07. The summed E-state index contributed by atoms with van der Waals surface area (Å²) >= 11 is 5.09. The van der Waals surface area contributed by atoms with Crippen LogP contribution < -0.4 is 5.32 Å². The zero-order chi connectivity index (χ0) is 8.97. The smallest absolute Gasteiger partial charge is 0.0845 e. The second kappa shape index (κ2) is 4.61. The molecule has 1 rings (SSSR count). The third-order valence-corrected chi connectivity index (χ3v) is 3.31. The van der Waals surface area contributed by atoms with E-state index in [2.05, 4.69) is 40.3 Å². The molecule has 0 saturated heterocycles. The predicted octanol–water partition coefficient (Wildman–Crippen LogP) is 2.68. The first kappa shape index (κ1) is 9.72. The first-order valence-corrected chi connectivity index (χ1v) is 5.20. The van der Waals surface area contributed by atoms with Gasteiger partial charge in [-0.3, -0.25) is 5.32 Å². The number of nitrogens with zero attached hydrogens (tertiary/aromatic N) is 1. The number of halogens is 1. The fourth-order valence-electron chi connectivity index (χ4n) is 0.860. The molecule has 0 aliphatic heterocycles. The van der Waals surface area contributed by atoms with Crippen molar-refractivity contribution in [2.75, 3.05) is 6.54 Å². The van der Waals surface area contributed by atoms with Crippen molar-refractivity contribution in [3.63, 3.8) is 0 Å². The molecular formula is C8H9BrN2S. The topological polar surface area (TPSA) is 35.8 Å². The van der Waals surface area contributed by atoms with Crippen molar-refractivity contribution in [3.05, 3.63) is 20.8 Å². The van der Waals surface area contributed by atoms with Gasteiger partial charge in [-0.1, -0.05) is 0 Å². The molecule has 12 heavy (non-hydrogen) atoms. The lowest BCUT2D eigenvalue weighted by Crippen LogP contribution is -2.17. The molecule has 1 aromatic heterocycles. The molecule has 1 atom stereocenters. The number of thiophene rings is 1. The zero-order valence-electron chi connectivity index (χ0n) is 6.67. The molecule has 1 unspecified atom stereocenters. The Morgan fingerprint density at radius 1 is 1.75 bits per heavy atom. The average Bonchev–Trinajstić information content (AvgIpc) is 2.47. The summed E-state index contributed by atoms with van der Waals surface area (Å²) in [5, 5.41) is 11.4. The summed E-state index contributed by atoms with van der Waals surface area (Å²) in [6.07, 6.45) is 0. The summed E-state index contributed by atoms with van der Waals surface area (Å²) in [7, 11) is 0. The Morgan fingerprint density at radius 2 is 2.50 bits per heavy atom. The Bertz CT molecular complexity index is 289. The first-order valence-electron chi connectivity index (χ1n) is 3.59. The Hall–Kier alpha value is -0.370. The number of hydrogen-bond acceptors (Lipinski definition) is 3. The van der Waals surface area contributed by atoms with Crippen LogP contribution in [-0.4, -0.2) is 6.54 Å². The standard InChI is InChI=1S/C8H9BrN2S/c1-6(11-5-4-10)7-2-3-8(9)12-7/h2-3,6,11H,5H2,1H3. The van der Waals surface area contributed by atoms with Crippen molar-refractivity contribution >= 4 is 27.3 Å². The minimum Gasteiger partial charge on any atom is -0.297 e. The van der Waals surface area contributed by atoms with Gasteiger partial charge in [-0.25, -0.2) is 0 Å². The van der Waals surface area contributed by atoms with Crippen LogP contribution in [0.1, 0.15) is 17.8 Å². The van der Waals surface area contributed by atoms with E-state index in [4.69, 9.17) is 5.26 Å². The molecule has 0 amide bonds. The summed E-state index contributed by atoms with van der Waals surface area (Å²) in [6.45, 7) is 2.45. The molecule has 2 nitrogen and oxygen atoms in total. The quantitative estimate of drug-likeness (QED) is 0.831. The second-order valence-corrected chi connectivity index (χ2v) is 4.90. The molecule has 0 spiro atoms. The van der Waals surface area contributed by atoms with Crippen molar-refractivity contribution in [2.45, 2.75) is 13.0 Å². The third-order valence-electron chi connectivity index (χ3n) is 1.51. The minimum atomic E-state index is 0.265. The Morgan fingerprint density at radius 3 is 3.00 bits per heavy atom. The van der Waals surface area contributed by atoms with Crippen LogP contribution in [-0.2, 0) is 0 Å². The molecule has 1 N–H and O–H groups in total. The Balaban J connectivity index is 2.54. The number of nitriles is 1. The molecule has 0 aliphatic rings. The maximum Gasteiger partial charge on any atom is 0.0845 e. The van der Waals surface area contributed by atoms with E-state index in [9.17, 15) is 0 Å². The number of nitrogens with one attached hydrogen (secondary N) is 1. The largest absolute Gasteiger partial charge is 0.297 e. The molecule has 0 aromatic carbocycles. The number of hydrogen-bond donors (Lipinski definition) is 1. The summed E-state index contributed by atoms with van der Waals surface area (Å²) in [5.41, 5.74) is 0. The van der Waals surface area contributed by atoms with E-state index in [1.165, 1.54) is 4.88 Å². The van der Waals surface area contributed by atoms with Crippen LogP contribution >= 0.6 is 27.3 Å². The van der Waals surface area contributed by atoms with Gasteiger partial charge in [0.2, 0.25) is 0 Å². The molecule has 0 aliphatic carbocycles. The highest BCUT2D eigenvalue weighted by Gasteiger charge is 2.05. The van der Waals surface area contributed by atoms with E-state index < -0.39 is 0 Å². The highest BCUT2D eigenvalue weighted by molar-refractivity contribution is 9.11. The van der Waals surface area contributed by atoms with Crippen LogP contribution in [0.2, 0.25) is 0 Å². The van der Waals surface area contributed by atoms with Crippen LogP contribution in [0.3, 0.4) is 0 Å². The van der Waals surface area contributed by atoms with Gasteiger partial charge in [-0.15, -0.1) is 11.3 Å². The van der Waals surface area contributed by atoms with E-state index in [-0.39, 0.29) is 6.04 Å². The van der Waals surface area contributed by atoms with Gasteiger partial charge >= 0.3 is 0 Å². The molecule has 4 heteroatoms. The Labute approximate surface area is 84.3 Å². The summed E-state index contributed by atoms with van der Waals surface area (Å²) in [4.78, 5) is 1.25. The lowest BCUT2D eigenvalue weighted by molar-refractivity contribution is 0.631. The van der Waals surface area contributed by atoms with Crippen LogP contribution in [0, 0.1) is 11.3 Å². The maximum absolute atomic E-state index is 8.35. The van der Waals surface area contributed by atoms with E-state index >= 15 is 0 Å². The SMILES string of the molecule is CC(NCC#N)c1ccc(Br)s1. The van der Waals surface area contributed by atoms with Crippen LogP contribution in [0.25, 0.3) is 0 Å². The molecule has 1 heterocycles. The van der Waals surface area contributed by atoms with Gasteiger partial charge in [0.25, 0.3) is 0 Å². The zero-order valence-corrected chi connectivity index (χ0v) is 9.08. The van der Waals surface area contributed by atoms with E-state index in [0.29, 0.717) is 6.54 Å². The second-order valence-electron chi connectivity index (χ2n) is 2.40. The maximum atomic E-state index is 8.35. The van der Waals surface area contributed by atoms with Gasteiger partial charge in [0.1, 0.15) is 0 Å². The van der Waals surface area contributed by atoms with Crippen LogP contribution in [0.15, 0.2) is 15.9 Å². The van der Waals surface area contributed by atoms with Gasteiger partial charge < -0.3 is 0 Å². The van der Waals surface area contributed by atoms with E-state index in [1.54, 1.807) is 11.3 Å². The van der Waals surface area contributed by atoms with E-state index in [0.717, 1.165) is 3.79 Å². The fourth-order valence-corrected chi connectivity index (χ4v) is 2.31. The van der Waals surface area contributed by atoms with Crippen LogP contribution in [0.5, 0.6) is 0 Å². The van der Waals surface area contributed by atoms with Gasteiger partial charge in [-0.05, 0) is 35.0 Å². The normalized spacial score (nSPS) is 12.4. The Kier molecular flexibility index (Phi) is 3.73. The fraction of sp³-hybridized carbons (Fsp3) is 0.375. The molecule has 0 saturated carbocycles. The van der Waals surface area contributed by atoms with Crippen molar-refractivity contribution in [2.24, 2.45) is 0 Å². The molecular weight excluding hydrogens is 236 g/mol. The van der Waals surface area contributed by atoms with Gasteiger partial charge in [0.05, 0.1) is 16.4 Å². The highest BCUT2D eigenvalue weighted by Crippen LogP contribution is 2.26. The molecule has 0 bridgehead atoms. The summed E-state index contributed by atoms with van der Waals surface area (Å²) in [5.74, 6) is 0. The first-order chi connectivity index (χ1) is 5.74. The summed E-state index contributed by atoms with van der Waals surface area (Å²) in [6, 6.07) is 6.40. The molecule has 0 fully saturated rings. The van der Waals surface area contributed by atoms with Crippen molar-refractivity contribution in [3.8, 4) is 6.07 Å². The monoisotopic (exact) mass is 244 g/mol. The van der Waals surface area contributed by atoms with Crippen molar-refractivity contribution in [1.82, 2.24) is 5.32 Å². The van der Waals surface area contributed by atoms with Gasteiger partial charge in [0.15, 0.2) is 0 Å². The summed E-state index contributed by atoms with van der Waals surface area (Å²) < 4.78 is 1.13. The average molecular weight is 245 g/mol. The van der Waals surface area contributed by atoms with Crippen molar-refractivity contribution < 1.29 is 0 Å².